The predicted octanol–water partition coefficient (Wildman–Crippen LogP) is 4.10. The van der Waals surface area contributed by atoms with Crippen LogP contribution in [0.25, 0.3) is 0 Å². The van der Waals surface area contributed by atoms with E-state index in [1.807, 2.05) is 39.2 Å². The SMILES string of the molecule is CC(C)(C)[Si](C)(C)OCC(CC(F)(F)S(=O)(=O)c1ccccc1)NC(=O)O. The van der Waals surface area contributed by atoms with E-state index in [9.17, 15) is 22.0 Å². The second-order valence-corrected chi connectivity index (χ2v) is 14.8. The molecule has 6 nitrogen and oxygen atoms in total. The molecule has 0 spiro atoms. The van der Waals surface area contributed by atoms with Crippen molar-refractivity contribution in [3.8, 4) is 0 Å². The van der Waals surface area contributed by atoms with Gasteiger partial charge >= 0.3 is 11.3 Å². The first-order valence-electron chi connectivity index (χ1n) is 8.41. The molecule has 1 amide bonds. The maximum Gasteiger partial charge on any atom is 0.404 e. The maximum atomic E-state index is 14.6. The highest BCUT2D eigenvalue weighted by atomic mass is 32.2. The van der Waals surface area contributed by atoms with Crippen LogP contribution in [0.2, 0.25) is 18.1 Å². The molecule has 10 heteroatoms. The van der Waals surface area contributed by atoms with Gasteiger partial charge in [-0.25, -0.2) is 13.2 Å². The minimum absolute atomic E-state index is 0.209. The number of rotatable bonds is 8. The third-order valence-corrected chi connectivity index (χ3v) is 11.1. The molecule has 1 atom stereocenters. The fourth-order valence-corrected chi connectivity index (χ4v) is 4.35. The summed E-state index contributed by atoms with van der Waals surface area (Å²) in [7, 11) is -7.29. The summed E-state index contributed by atoms with van der Waals surface area (Å²) < 4.78 is 59.5. The third kappa shape index (κ3) is 5.98. The molecule has 0 aliphatic rings. The van der Waals surface area contributed by atoms with E-state index in [-0.39, 0.29) is 11.6 Å². The summed E-state index contributed by atoms with van der Waals surface area (Å²) in [5.41, 5.74) is 0. The van der Waals surface area contributed by atoms with Crippen molar-refractivity contribution in [1.82, 2.24) is 5.32 Å². The first-order chi connectivity index (χ1) is 12.1. The average Bonchev–Trinajstić information content (AvgIpc) is 2.51. The highest BCUT2D eigenvalue weighted by Gasteiger charge is 2.48. The van der Waals surface area contributed by atoms with Crippen molar-refractivity contribution in [1.29, 1.82) is 0 Å². The number of nitrogens with one attached hydrogen (secondary N) is 1. The predicted molar refractivity (Wildman–Crippen MR) is 101 cm³/mol. The van der Waals surface area contributed by atoms with E-state index < -0.39 is 46.9 Å². The maximum absolute atomic E-state index is 14.6. The van der Waals surface area contributed by atoms with Crippen LogP contribution in [0.1, 0.15) is 27.2 Å². The Balaban J connectivity index is 3.03. The quantitative estimate of drug-likeness (QED) is 0.614. The molecule has 1 unspecified atom stereocenters. The molecule has 0 radical (unpaired) electrons. The Morgan fingerprint density at radius 1 is 1.22 bits per heavy atom. The Morgan fingerprint density at radius 3 is 2.19 bits per heavy atom. The molecule has 27 heavy (non-hydrogen) atoms. The topological polar surface area (TPSA) is 92.7 Å². The largest absolute Gasteiger partial charge is 0.465 e. The summed E-state index contributed by atoms with van der Waals surface area (Å²) in [5, 5.41) is 6.53. The summed E-state index contributed by atoms with van der Waals surface area (Å²) in [4.78, 5) is 10.5. The van der Waals surface area contributed by atoms with E-state index in [1.54, 1.807) is 0 Å². The normalized spacial score (nSPS) is 14.6. The summed E-state index contributed by atoms with van der Waals surface area (Å²) in [5.74, 6) is 0. The summed E-state index contributed by atoms with van der Waals surface area (Å²) in [6, 6.07) is 4.99. The van der Waals surface area contributed by atoms with Crippen LogP contribution in [-0.2, 0) is 14.3 Å². The lowest BCUT2D eigenvalue weighted by atomic mass is 10.2. The number of halogens is 2. The third-order valence-electron chi connectivity index (χ3n) is 4.71. The van der Waals surface area contributed by atoms with Crippen molar-refractivity contribution < 1.29 is 31.5 Å². The molecule has 0 aliphatic heterocycles. The van der Waals surface area contributed by atoms with E-state index in [0.717, 1.165) is 12.1 Å². The Labute approximate surface area is 160 Å². The Morgan fingerprint density at radius 2 is 1.74 bits per heavy atom. The van der Waals surface area contributed by atoms with Gasteiger partial charge in [0, 0.05) is 6.42 Å². The van der Waals surface area contributed by atoms with Gasteiger partial charge < -0.3 is 14.8 Å². The van der Waals surface area contributed by atoms with Gasteiger partial charge in [0.1, 0.15) is 0 Å². The number of carbonyl (C=O) groups is 1. The molecule has 1 aromatic rings. The van der Waals surface area contributed by atoms with Crippen LogP contribution in [0.15, 0.2) is 35.2 Å². The van der Waals surface area contributed by atoms with Crippen LogP contribution in [0.4, 0.5) is 13.6 Å². The van der Waals surface area contributed by atoms with Crippen LogP contribution in [-0.4, -0.2) is 45.8 Å². The molecule has 0 aliphatic carbocycles. The number of carboxylic acid groups (broad SMARTS) is 1. The van der Waals surface area contributed by atoms with Crippen molar-refractivity contribution in [2.45, 2.75) is 61.5 Å². The summed E-state index contributed by atoms with van der Waals surface area (Å²) in [6.07, 6.45) is -2.74. The lowest BCUT2D eigenvalue weighted by Gasteiger charge is -2.37. The first-order valence-corrected chi connectivity index (χ1v) is 12.8. The average molecular weight is 424 g/mol. The highest BCUT2D eigenvalue weighted by molar-refractivity contribution is 7.92. The second kappa shape index (κ2) is 8.23. The van der Waals surface area contributed by atoms with Crippen LogP contribution < -0.4 is 5.32 Å². The van der Waals surface area contributed by atoms with Crippen molar-refractivity contribution in [3.63, 3.8) is 0 Å². The monoisotopic (exact) mass is 423 g/mol. The lowest BCUT2D eigenvalue weighted by Crippen LogP contribution is -2.48. The number of hydrogen-bond donors (Lipinski definition) is 2. The highest BCUT2D eigenvalue weighted by Crippen LogP contribution is 2.37. The van der Waals surface area contributed by atoms with Crippen molar-refractivity contribution in [2.75, 3.05) is 6.61 Å². The van der Waals surface area contributed by atoms with E-state index in [4.69, 9.17) is 9.53 Å². The van der Waals surface area contributed by atoms with Gasteiger partial charge in [0.2, 0.25) is 9.84 Å². The van der Waals surface area contributed by atoms with E-state index in [0.29, 0.717) is 0 Å². The Bertz CT molecular complexity index is 748. The molecule has 0 saturated carbocycles. The van der Waals surface area contributed by atoms with Crippen molar-refractivity contribution >= 4 is 24.2 Å². The second-order valence-electron chi connectivity index (χ2n) is 7.88. The van der Waals surface area contributed by atoms with Gasteiger partial charge in [-0.2, -0.15) is 8.78 Å². The summed E-state index contributed by atoms with van der Waals surface area (Å²) >= 11 is 0. The fraction of sp³-hybridized carbons (Fsp3) is 0.588. The van der Waals surface area contributed by atoms with Crippen LogP contribution in [0, 0.1) is 0 Å². The minimum atomic E-state index is -4.96. The first kappa shape index (κ1) is 23.5. The van der Waals surface area contributed by atoms with Gasteiger partial charge in [-0.15, -0.1) is 0 Å². The van der Waals surface area contributed by atoms with Crippen molar-refractivity contribution in [3.05, 3.63) is 30.3 Å². The van der Waals surface area contributed by atoms with E-state index in [2.05, 4.69) is 0 Å². The van der Waals surface area contributed by atoms with Gasteiger partial charge in [0.05, 0.1) is 17.5 Å². The molecule has 0 aromatic heterocycles. The molecule has 2 N–H and O–H groups in total. The molecule has 0 saturated heterocycles. The zero-order valence-electron chi connectivity index (χ0n) is 16.1. The molecule has 0 bridgehead atoms. The molecular formula is C17H27F2NO5SSi. The molecule has 0 heterocycles. The lowest BCUT2D eigenvalue weighted by molar-refractivity contribution is 0.0596. The van der Waals surface area contributed by atoms with Crippen LogP contribution >= 0.6 is 0 Å². The minimum Gasteiger partial charge on any atom is -0.465 e. The molecule has 0 fully saturated rings. The van der Waals surface area contributed by atoms with Gasteiger partial charge in [0.25, 0.3) is 0 Å². The van der Waals surface area contributed by atoms with Gasteiger partial charge in [0.15, 0.2) is 8.32 Å². The summed E-state index contributed by atoms with van der Waals surface area (Å²) in [6.45, 7) is 9.31. The molecule has 1 rings (SSSR count). The van der Waals surface area contributed by atoms with Crippen LogP contribution in [0.3, 0.4) is 0 Å². The Kier molecular flexibility index (Phi) is 7.17. The Hall–Kier alpha value is -1.52. The van der Waals surface area contributed by atoms with E-state index >= 15 is 0 Å². The van der Waals surface area contributed by atoms with E-state index in [1.165, 1.54) is 18.2 Å². The molecule has 154 valence electrons. The van der Waals surface area contributed by atoms with Crippen LogP contribution in [0.5, 0.6) is 0 Å². The van der Waals surface area contributed by atoms with Crippen molar-refractivity contribution in [2.24, 2.45) is 0 Å². The van der Waals surface area contributed by atoms with Gasteiger partial charge in [-0.1, -0.05) is 39.0 Å². The zero-order valence-corrected chi connectivity index (χ0v) is 17.9. The fourth-order valence-electron chi connectivity index (χ4n) is 2.02. The number of sulfone groups is 1. The number of alkyl halides is 2. The molecule has 1 aromatic carbocycles. The number of benzene rings is 1. The smallest absolute Gasteiger partial charge is 0.404 e. The standard InChI is InChI=1S/C17H27F2NO5SSi/c1-16(2,3)27(4,5)25-12-13(20-15(21)22)11-17(18,19)26(23,24)14-9-7-6-8-10-14/h6-10,13,20H,11-12H2,1-5H3,(H,21,22). The number of amides is 1. The number of hydrogen-bond acceptors (Lipinski definition) is 4. The van der Waals surface area contributed by atoms with Gasteiger partial charge in [-0.05, 0) is 30.3 Å². The van der Waals surface area contributed by atoms with Gasteiger partial charge in [-0.3, -0.25) is 0 Å². The zero-order chi connectivity index (χ0) is 21.1. The molecular weight excluding hydrogens is 396 g/mol.